The average molecular weight is 779 g/mol. The van der Waals surface area contributed by atoms with E-state index in [2.05, 4.69) is 30.3 Å². The normalized spacial score (nSPS) is 11.2. The summed E-state index contributed by atoms with van der Waals surface area (Å²) in [7, 11) is 0. The van der Waals surface area contributed by atoms with E-state index in [1.165, 1.54) is 6.07 Å². The maximum atomic E-state index is 13.8. The molecule has 11 heteroatoms. The molecule has 0 bridgehead atoms. The van der Waals surface area contributed by atoms with Crippen molar-refractivity contribution in [2.45, 2.75) is 6.18 Å². The van der Waals surface area contributed by atoms with Gasteiger partial charge in [0.1, 0.15) is 0 Å². The minimum Gasteiger partial charge on any atom is -0.309 e. The molecule has 0 N–H and O–H groups in total. The molecule has 0 unspecified atom stereocenters. The van der Waals surface area contributed by atoms with Gasteiger partial charge in [-0.05, 0) is 114 Å². The number of nitrogens with zero attached hydrogens (tertiary/aromatic N) is 8. The molecule has 60 heavy (non-hydrogen) atoms. The molecule has 9 rings (SSSR count). The van der Waals surface area contributed by atoms with Crippen LogP contribution < -0.4 is 0 Å². The monoisotopic (exact) mass is 778 g/mol. The zero-order chi connectivity index (χ0) is 41.9. The van der Waals surface area contributed by atoms with E-state index in [-0.39, 0.29) is 11.1 Å². The van der Waals surface area contributed by atoms with E-state index in [1.54, 1.807) is 84.9 Å². The number of nitriles is 6. The van der Waals surface area contributed by atoms with E-state index in [0.717, 1.165) is 12.1 Å². The molecule has 0 aliphatic heterocycles. The van der Waals surface area contributed by atoms with E-state index in [0.29, 0.717) is 99.5 Å². The van der Waals surface area contributed by atoms with Gasteiger partial charge in [0, 0.05) is 32.7 Å². The van der Waals surface area contributed by atoms with Gasteiger partial charge >= 0.3 is 6.18 Å². The Morgan fingerprint density at radius 2 is 0.733 bits per heavy atom. The van der Waals surface area contributed by atoms with Crippen LogP contribution in [0, 0.1) is 68.0 Å². The van der Waals surface area contributed by atoms with Crippen molar-refractivity contribution in [3.05, 3.63) is 166 Å². The van der Waals surface area contributed by atoms with E-state index in [1.807, 2.05) is 39.5 Å². The van der Waals surface area contributed by atoms with Gasteiger partial charge in [-0.15, -0.1) is 0 Å². The number of hydrogen-bond acceptors (Lipinski definition) is 6. The van der Waals surface area contributed by atoms with Crippen molar-refractivity contribution in [2.24, 2.45) is 0 Å². The molecule has 0 aliphatic rings. The molecule has 0 fully saturated rings. The minimum atomic E-state index is -4.67. The molecule has 278 valence electrons. The lowest BCUT2D eigenvalue weighted by Gasteiger charge is -2.20. The summed E-state index contributed by atoms with van der Waals surface area (Å²) < 4.78 is 45.3. The van der Waals surface area contributed by atoms with Gasteiger partial charge in [0.15, 0.2) is 0 Å². The van der Waals surface area contributed by atoms with Gasteiger partial charge in [-0.1, -0.05) is 24.3 Å². The zero-order valence-corrected chi connectivity index (χ0v) is 30.8. The first kappa shape index (κ1) is 36.5. The molecule has 2 heterocycles. The molecular formula is C49H21F3N8. The number of rotatable bonds is 4. The second kappa shape index (κ2) is 13.8. The van der Waals surface area contributed by atoms with E-state index < -0.39 is 11.7 Å². The molecule has 7 aromatic carbocycles. The SMILES string of the molecule is N#Cc1ccc(-c2ccc(-c3ccc(C(F)(F)F)cc3C#N)cc2-n2c3ccc(C#N)cc3c3cc(C#N)ccc32)c(-n2c3ccc(C#N)cc3c3cc(C#N)ccc32)c1. The lowest BCUT2D eigenvalue weighted by Crippen LogP contribution is -2.05. The summed E-state index contributed by atoms with van der Waals surface area (Å²) in [5, 5.41) is 62.5. The summed E-state index contributed by atoms with van der Waals surface area (Å²) in [6.45, 7) is 0. The number of fused-ring (bicyclic) bond motifs is 6. The van der Waals surface area contributed by atoms with Gasteiger partial charge in [0.25, 0.3) is 0 Å². The third-order valence-electron chi connectivity index (χ3n) is 10.7. The second-order valence-electron chi connectivity index (χ2n) is 14.0. The van der Waals surface area contributed by atoms with Crippen molar-refractivity contribution < 1.29 is 13.2 Å². The second-order valence-corrected chi connectivity index (χ2v) is 14.0. The van der Waals surface area contributed by atoms with Crippen LogP contribution in [0.3, 0.4) is 0 Å². The maximum Gasteiger partial charge on any atom is 0.416 e. The fraction of sp³-hybridized carbons (Fsp3) is 0.0204. The van der Waals surface area contributed by atoms with Crippen molar-refractivity contribution in [1.82, 2.24) is 9.13 Å². The Hall–Kier alpha value is -9.13. The van der Waals surface area contributed by atoms with Gasteiger partial charge in [0.05, 0.1) is 109 Å². The average Bonchev–Trinajstić information content (AvgIpc) is 3.78. The quantitative estimate of drug-likeness (QED) is 0.173. The Bertz CT molecular complexity index is 3480. The van der Waals surface area contributed by atoms with Crippen LogP contribution in [0.5, 0.6) is 0 Å². The lowest BCUT2D eigenvalue weighted by molar-refractivity contribution is -0.137. The molecule has 8 nitrogen and oxygen atoms in total. The summed E-state index contributed by atoms with van der Waals surface area (Å²) in [5.41, 5.74) is 6.60. The Morgan fingerprint density at radius 1 is 0.367 bits per heavy atom. The van der Waals surface area contributed by atoms with Gasteiger partial charge in [-0.2, -0.15) is 44.7 Å². The fourth-order valence-electron chi connectivity index (χ4n) is 8.03. The van der Waals surface area contributed by atoms with Crippen LogP contribution in [0.2, 0.25) is 0 Å². The van der Waals surface area contributed by atoms with Gasteiger partial charge < -0.3 is 9.13 Å². The van der Waals surface area contributed by atoms with Gasteiger partial charge in [-0.3, -0.25) is 0 Å². The highest BCUT2D eigenvalue weighted by Gasteiger charge is 2.31. The maximum absolute atomic E-state index is 13.8. The summed E-state index contributed by atoms with van der Waals surface area (Å²) in [4.78, 5) is 0. The molecule has 2 aromatic heterocycles. The van der Waals surface area contributed by atoms with Crippen LogP contribution >= 0.6 is 0 Å². The third-order valence-corrected chi connectivity index (χ3v) is 10.7. The summed E-state index contributed by atoms with van der Waals surface area (Å²) in [5.74, 6) is 0. The van der Waals surface area contributed by atoms with E-state index in [4.69, 9.17) is 0 Å². The molecule has 0 saturated carbocycles. The summed E-state index contributed by atoms with van der Waals surface area (Å²) in [6.07, 6.45) is -4.67. The standard InChI is InChI=1S/C49H21F3N8/c50-49(51,52)35-7-10-36(34(20-35)27-58)33-6-9-38(48(21-33)60-45-13-4-30(24-55)17-41(45)42-18-31(25-56)5-14-46(42)60)37-8-1-32(26-57)19-47(37)59-43-11-2-28(22-53)15-39(43)40-16-29(23-54)3-12-44(40)59/h1-21H. The van der Waals surface area contributed by atoms with Crippen LogP contribution in [-0.2, 0) is 6.18 Å². The van der Waals surface area contributed by atoms with E-state index >= 15 is 0 Å². The van der Waals surface area contributed by atoms with Crippen LogP contribution in [0.4, 0.5) is 13.2 Å². The highest BCUT2D eigenvalue weighted by molar-refractivity contribution is 6.12. The van der Waals surface area contributed by atoms with Crippen LogP contribution in [0.25, 0.3) is 77.2 Å². The highest BCUT2D eigenvalue weighted by Crippen LogP contribution is 2.44. The molecule has 0 saturated heterocycles. The van der Waals surface area contributed by atoms with Crippen LogP contribution in [0.15, 0.2) is 127 Å². The van der Waals surface area contributed by atoms with Crippen molar-refractivity contribution >= 4 is 43.6 Å². The van der Waals surface area contributed by atoms with Crippen LogP contribution in [0.1, 0.15) is 38.9 Å². The first-order chi connectivity index (χ1) is 29.1. The summed E-state index contributed by atoms with van der Waals surface area (Å²) >= 11 is 0. The number of halogens is 3. The Balaban J connectivity index is 1.42. The first-order valence-electron chi connectivity index (χ1n) is 18.2. The molecule has 9 aromatic rings. The predicted octanol–water partition coefficient (Wildman–Crippen LogP) is 11.5. The molecule has 0 aliphatic carbocycles. The van der Waals surface area contributed by atoms with E-state index in [9.17, 15) is 44.7 Å². The molecule has 0 spiro atoms. The Kier molecular flexibility index (Phi) is 8.40. The number of hydrogen-bond donors (Lipinski definition) is 0. The fourth-order valence-corrected chi connectivity index (χ4v) is 8.03. The largest absolute Gasteiger partial charge is 0.416 e. The van der Waals surface area contributed by atoms with Gasteiger partial charge in [-0.25, -0.2) is 0 Å². The lowest BCUT2D eigenvalue weighted by atomic mass is 9.93. The van der Waals surface area contributed by atoms with Crippen molar-refractivity contribution in [1.29, 1.82) is 31.6 Å². The molecule has 0 amide bonds. The van der Waals surface area contributed by atoms with Gasteiger partial charge in [0.2, 0.25) is 0 Å². The Morgan fingerprint density at radius 3 is 1.13 bits per heavy atom. The highest BCUT2D eigenvalue weighted by atomic mass is 19.4. The molecule has 0 radical (unpaired) electrons. The van der Waals surface area contributed by atoms with Crippen molar-refractivity contribution in [3.8, 4) is 70.0 Å². The van der Waals surface area contributed by atoms with Crippen molar-refractivity contribution in [2.75, 3.05) is 0 Å². The number of aromatic nitrogens is 2. The van der Waals surface area contributed by atoms with Crippen LogP contribution in [-0.4, -0.2) is 9.13 Å². The number of alkyl halides is 3. The number of benzene rings is 7. The predicted molar refractivity (Wildman–Crippen MR) is 219 cm³/mol. The Labute approximate surface area is 339 Å². The minimum absolute atomic E-state index is 0.180. The van der Waals surface area contributed by atoms with Crippen molar-refractivity contribution in [3.63, 3.8) is 0 Å². The molecule has 0 atom stereocenters. The molecular weight excluding hydrogens is 758 g/mol. The first-order valence-corrected chi connectivity index (χ1v) is 18.2. The third kappa shape index (κ3) is 5.72. The smallest absolute Gasteiger partial charge is 0.309 e. The topological polar surface area (TPSA) is 153 Å². The zero-order valence-electron chi connectivity index (χ0n) is 30.8. The summed E-state index contributed by atoms with van der Waals surface area (Å²) in [6, 6.07) is 47.5.